The van der Waals surface area contributed by atoms with Crippen molar-refractivity contribution in [2.75, 3.05) is 46.9 Å². The van der Waals surface area contributed by atoms with Gasteiger partial charge in [-0.05, 0) is 6.42 Å². The molecule has 2 saturated heterocycles. The number of aryl methyl sites for hydroxylation is 1. The van der Waals surface area contributed by atoms with Crippen LogP contribution in [-0.4, -0.2) is 89.2 Å². The second-order valence-electron chi connectivity index (χ2n) is 6.80. The molecular formula is C16H27N5O2. The van der Waals surface area contributed by atoms with E-state index in [2.05, 4.69) is 19.4 Å². The molecule has 1 aromatic heterocycles. The third kappa shape index (κ3) is 3.91. The second kappa shape index (κ2) is 6.98. The van der Waals surface area contributed by atoms with E-state index in [4.69, 9.17) is 4.74 Å². The highest BCUT2D eigenvalue weighted by Crippen LogP contribution is 2.24. The lowest BCUT2D eigenvalue weighted by Gasteiger charge is -2.36. The summed E-state index contributed by atoms with van der Waals surface area (Å²) < 4.78 is 7.89. The minimum Gasteiger partial charge on any atom is -0.367 e. The average Bonchev–Trinajstić information content (AvgIpc) is 3.10. The molecule has 128 valence electrons. The lowest BCUT2D eigenvalue weighted by molar-refractivity contribution is -0.135. The Bertz CT molecular complexity index is 544. The van der Waals surface area contributed by atoms with Crippen LogP contribution < -0.4 is 0 Å². The number of aromatic nitrogens is 2. The molecule has 3 heterocycles. The summed E-state index contributed by atoms with van der Waals surface area (Å²) in [5.74, 6) is 1.15. The van der Waals surface area contributed by atoms with Gasteiger partial charge in [-0.2, -0.15) is 0 Å². The molecule has 2 aliphatic heterocycles. The van der Waals surface area contributed by atoms with Crippen molar-refractivity contribution in [3.05, 3.63) is 18.2 Å². The van der Waals surface area contributed by atoms with E-state index in [9.17, 15) is 4.79 Å². The number of amides is 1. The number of nitrogens with zero attached hydrogens (tertiary/aromatic N) is 5. The van der Waals surface area contributed by atoms with E-state index in [0.717, 1.165) is 45.0 Å². The van der Waals surface area contributed by atoms with Crippen molar-refractivity contribution in [2.45, 2.75) is 25.1 Å². The zero-order valence-electron chi connectivity index (χ0n) is 14.3. The first-order valence-electron chi connectivity index (χ1n) is 8.27. The van der Waals surface area contributed by atoms with E-state index < -0.39 is 0 Å². The highest BCUT2D eigenvalue weighted by atomic mass is 16.5. The molecule has 7 heteroatoms. The summed E-state index contributed by atoms with van der Waals surface area (Å²) in [7, 11) is 5.57. The number of imidazole rings is 1. The van der Waals surface area contributed by atoms with Crippen LogP contribution in [0, 0.1) is 0 Å². The van der Waals surface area contributed by atoms with Crippen molar-refractivity contribution in [3.8, 4) is 0 Å². The van der Waals surface area contributed by atoms with Crippen LogP contribution in [0.2, 0.25) is 0 Å². The Hall–Kier alpha value is -1.44. The zero-order chi connectivity index (χ0) is 16.4. The van der Waals surface area contributed by atoms with Crippen molar-refractivity contribution in [1.29, 1.82) is 0 Å². The molecule has 1 aromatic rings. The summed E-state index contributed by atoms with van der Waals surface area (Å²) in [6, 6.07) is 0.531. The molecule has 0 aliphatic carbocycles. The minimum atomic E-state index is 0.0336. The summed E-state index contributed by atoms with van der Waals surface area (Å²) in [6.45, 7) is 5.22. The van der Waals surface area contributed by atoms with Crippen LogP contribution in [0.1, 0.15) is 12.2 Å². The maximum absolute atomic E-state index is 11.6. The number of carbonyl (C=O) groups is 1. The lowest BCUT2D eigenvalue weighted by atomic mass is 10.1. The fourth-order valence-electron chi connectivity index (χ4n) is 3.39. The Labute approximate surface area is 137 Å². The molecule has 2 atom stereocenters. The Balaban J connectivity index is 1.48. The summed E-state index contributed by atoms with van der Waals surface area (Å²) in [6.07, 6.45) is 5.04. The van der Waals surface area contributed by atoms with E-state index in [-0.39, 0.29) is 18.6 Å². The molecule has 0 unspecified atom stereocenters. The molecule has 0 spiro atoms. The number of fused-ring (bicyclic) bond motifs is 1. The van der Waals surface area contributed by atoms with Gasteiger partial charge in [-0.1, -0.05) is 0 Å². The topological polar surface area (TPSA) is 53.8 Å². The predicted octanol–water partition coefficient (Wildman–Crippen LogP) is -0.217. The Kier molecular flexibility index (Phi) is 4.99. The molecular weight excluding hydrogens is 294 g/mol. The van der Waals surface area contributed by atoms with E-state index >= 15 is 0 Å². The van der Waals surface area contributed by atoms with Crippen LogP contribution >= 0.6 is 0 Å². The summed E-state index contributed by atoms with van der Waals surface area (Å²) in [4.78, 5) is 22.6. The van der Waals surface area contributed by atoms with Gasteiger partial charge in [0.15, 0.2) is 0 Å². The van der Waals surface area contributed by atoms with Gasteiger partial charge >= 0.3 is 0 Å². The van der Waals surface area contributed by atoms with Crippen molar-refractivity contribution in [2.24, 2.45) is 7.05 Å². The quantitative estimate of drug-likeness (QED) is 0.751. The molecule has 0 aromatic carbocycles. The van der Waals surface area contributed by atoms with Gasteiger partial charge in [0, 0.05) is 65.8 Å². The number of ether oxygens (including phenoxy) is 1. The molecule has 1 amide bonds. The number of hydrogen-bond acceptors (Lipinski definition) is 5. The molecule has 2 aliphatic rings. The fraction of sp³-hybridized carbons (Fsp3) is 0.750. The van der Waals surface area contributed by atoms with Gasteiger partial charge in [-0.15, -0.1) is 0 Å². The Morgan fingerprint density at radius 3 is 2.91 bits per heavy atom. The van der Waals surface area contributed by atoms with E-state index in [0.29, 0.717) is 6.04 Å². The minimum absolute atomic E-state index is 0.0336. The van der Waals surface area contributed by atoms with Gasteiger partial charge in [-0.3, -0.25) is 14.6 Å². The van der Waals surface area contributed by atoms with E-state index in [1.54, 1.807) is 19.0 Å². The second-order valence-corrected chi connectivity index (χ2v) is 6.80. The van der Waals surface area contributed by atoms with Gasteiger partial charge in [0.05, 0.1) is 12.6 Å². The standard InChI is InChI=1S/C16H27N5O2/c1-18(2)16(22)12-23-14-8-13-9-20(6-7-21(13)10-14)11-15-17-4-5-19(15)3/h4-5,13-14H,6-12H2,1-3H3/t13-,14+/m0/s1. The predicted molar refractivity (Wildman–Crippen MR) is 86.9 cm³/mol. The normalized spacial score (nSPS) is 25.5. The molecule has 3 rings (SSSR count). The van der Waals surface area contributed by atoms with Crippen molar-refractivity contribution >= 4 is 5.91 Å². The third-order valence-electron chi connectivity index (χ3n) is 4.89. The maximum atomic E-state index is 11.6. The molecule has 0 radical (unpaired) electrons. The first-order valence-corrected chi connectivity index (χ1v) is 8.27. The smallest absolute Gasteiger partial charge is 0.248 e. The molecule has 0 saturated carbocycles. The van der Waals surface area contributed by atoms with E-state index in [1.165, 1.54) is 0 Å². The van der Waals surface area contributed by atoms with Gasteiger partial charge in [0.2, 0.25) is 5.91 Å². The Morgan fingerprint density at radius 1 is 1.39 bits per heavy atom. The number of rotatable bonds is 5. The van der Waals surface area contributed by atoms with Crippen molar-refractivity contribution in [3.63, 3.8) is 0 Å². The van der Waals surface area contributed by atoms with Crippen LogP contribution in [0.5, 0.6) is 0 Å². The number of carbonyl (C=O) groups excluding carboxylic acids is 1. The monoisotopic (exact) mass is 321 g/mol. The van der Waals surface area contributed by atoms with Gasteiger partial charge in [0.1, 0.15) is 12.4 Å². The van der Waals surface area contributed by atoms with Crippen molar-refractivity contribution < 1.29 is 9.53 Å². The molecule has 2 fully saturated rings. The van der Waals surface area contributed by atoms with Gasteiger partial charge < -0.3 is 14.2 Å². The third-order valence-corrected chi connectivity index (χ3v) is 4.89. The molecule has 7 nitrogen and oxygen atoms in total. The Morgan fingerprint density at radius 2 is 2.22 bits per heavy atom. The van der Waals surface area contributed by atoms with Gasteiger partial charge in [-0.25, -0.2) is 4.98 Å². The summed E-state index contributed by atoms with van der Waals surface area (Å²) >= 11 is 0. The largest absolute Gasteiger partial charge is 0.367 e. The van der Waals surface area contributed by atoms with Crippen LogP contribution in [0.3, 0.4) is 0 Å². The number of piperazine rings is 1. The average molecular weight is 321 g/mol. The van der Waals surface area contributed by atoms with Crippen LogP contribution in [0.25, 0.3) is 0 Å². The maximum Gasteiger partial charge on any atom is 0.248 e. The highest BCUT2D eigenvalue weighted by molar-refractivity contribution is 5.76. The van der Waals surface area contributed by atoms with Crippen molar-refractivity contribution in [1.82, 2.24) is 24.3 Å². The first kappa shape index (κ1) is 16.4. The lowest BCUT2D eigenvalue weighted by Crippen LogP contribution is -2.49. The number of likely N-dealkylation sites (N-methyl/N-ethyl adjacent to an activating group) is 1. The molecule has 0 N–H and O–H groups in total. The van der Waals surface area contributed by atoms with Crippen LogP contribution in [0.4, 0.5) is 0 Å². The zero-order valence-corrected chi connectivity index (χ0v) is 14.3. The van der Waals surface area contributed by atoms with Gasteiger partial charge in [0.25, 0.3) is 0 Å². The molecule has 0 bridgehead atoms. The number of hydrogen-bond donors (Lipinski definition) is 0. The summed E-state index contributed by atoms with van der Waals surface area (Å²) in [5, 5.41) is 0. The molecule has 23 heavy (non-hydrogen) atoms. The first-order chi connectivity index (χ1) is 11.0. The SMILES string of the molecule is CN(C)C(=O)CO[C@@H]1C[C@H]2CN(Cc3nccn3C)CCN2C1. The van der Waals surface area contributed by atoms with E-state index in [1.807, 2.05) is 19.4 Å². The highest BCUT2D eigenvalue weighted by Gasteiger charge is 2.36. The summed E-state index contributed by atoms with van der Waals surface area (Å²) in [5.41, 5.74) is 0. The van der Waals surface area contributed by atoms with Crippen LogP contribution in [0.15, 0.2) is 12.4 Å². The van der Waals surface area contributed by atoms with Crippen LogP contribution in [-0.2, 0) is 23.1 Å². The fourth-order valence-corrected chi connectivity index (χ4v) is 3.39.